The largest absolute Gasteiger partial charge is 0.483 e. The summed E-state index contributed by atoms with van der Waals surface area (Å²) >= 11 is 0. The molecular formula is C20H20N2O4. The number of carbonyl (C=O) groups is 3. The third kappa shape index (κ3) is 5.59. The van der Waals surface area contributed by atoms with Crippen LogP contribution in [-0.2, 0) is 4.79 Å². The van der Waals surface area contributed by atoms with Gasteiger partial charge in [-0.2, -0.15) is 0 Å². The Morgan fingerprint density at radius 1 is 0.962 bits per heavy atom. The Kier molecular flexibility index (Phi) is 7.12. The first-order valence-electron chi connectivity index (χ1n) is 8.07. The Morgan fingerprint density at radius 2 is 1.65 bits per heavy atom. The number of hydrogen-bond donors (Lipinski definition) is 2. The number of amides is 2. The lowest BCUT2D eigenvalue weighted by molar-refractivity contribution is -0.122. The standard InChI is InChI=1S/C20H20N2O4/c1-2-12-21-19(24)14-26-18-11-7-6-10-16(18)20(25)22-13-17(23)15-8-4-3-5-9-15/h2-11H,1,12-14H2,(H,21,24)(H,22,25). The van der Waals surface area contributed by atoms with E-state index in [1.54, 1.807) is 54.6 Å². The van der Waals surface area contributed by atoms with Gasteiger partial charge in [-0.05, 0) is 12.1 Å². The van der Waals surface area contributed by atoms with Crippen molar-refractivity contribution in [1.29, 1.82) is 0 Å². The molecule has 0 fully saturated rings. The molecule has 2 rings (SSSR count). The molecule has 2 N–H and O–H groups in total. The van der Waals surface area contributed by atoms with E-state index in [1.165, 1.54) is 0 Å². The number of rotatable bonds is 9. The Bertz CT molecular complexity index is 787. The molecule has 0 atom stereocenters. The van der Waals surface area contributed by atoms with Crippen LogP contribution in [0.3, 0.4) is 0 Å². The van der Waals surface area contributed by atoms with E-state index in [0.717, 1.165) is 0 Å². The lowest BCUT2D eigenvalue weighted by Crippen LogP contribution is -2.31. The molecule has 134 valence electrons. The van der Waals surface area contributed by atoms with Crippen molar-refractivity contribution in [2.75, 3.05) is 19.7 Å². The van der Waals surface area contributed by atoms with E-state index in [9.17, 15) is 14.4 Å². The second-order valence-electron chi connectivity index (χ2n) is 5.35. The predicted molar refractivity (Wildman–Crippen MR) is 98.2 cm³/mol. The molecule has 6 heteroatoms. The minimum Gasteiger partial charge on any atom is -0.483 e. The van der Waals surface area contributed by atoms with Crippen molar-refractivity contribution in [2.24, 2.45) is 0 Å². The monoisotopic (exact) mass is 352 g/mol. The zero-order chi connectivity index (χ0) is 18.8. The highest BCUT2D eigenvalue weighted by Crippen LogP contribution is 2.17. The molecule has 0 saturated carbocycles. The summed E-state index contributed by atoms with van der Waals surface area (Å²) in [7, 11) is 0. The summed E-state index contributed by atoms with van der Waals surface area (Å²) in [4.78, 5) is 36.0. The van der Waals surface area contributed by atoms with Crippen LogP contribution in [0, 0.1) is 0 Å². The van der Waals surface area contributed by atoms with Gasteiger partial charge in [0.05, 0.1) is 12.1 Å². The van der Waals surface area contributed by atoms with Gasteiger partial charge in [0.1, 0.15) is 5.75 Å². The summed E-state index contributed by atoms with van der Waals surface area (Å²) in [6.45, 7) is 3.50. The van der Waals surface area contributed by atoms with Crippen LogP contribution in [0.15, 0.2) is 67.3 Å². The summed E-state index contributed by atoms with van der Waals surface area (Å²) in [6, 6.07) is 15.2. The molecule has 2 aromatic carbocycles. The van der Waals surface area contributed by atoms with Crippen LogP contribution < -0.4 is 15.4 Å². The molecule has 0 heterocycles. The molecule has 0 spiro atoms. The lowest BCUT2D eigenvalue weighted by atomic mass is 10.1. The molecule has 0 radical (unpaired) electrons. The summed E-state index contributed by atoms with van der Waals surface area (Å²) in [5.74, 6) is -0.692. The van der Waals surface area contributed by atoms with Crippen LogP contribution in [0.4, 0.5) is 0 Å². The summed E-state index contributed by atoms with van der Waals surface area (Å²) in [5.41, 5.74) is 0.779. The summed E-state index contributed by atoms with van der Waals surface area (Å²) < 4.78 is 5.42. The zero-order valence-electron chi connectivity index (χ0n) is 14.2. The third-order valence-corrected chi connectivity index (χ3v) is 3.44. The van der Waals surface area contributed by atoms with Gasteiger partial charge in [-0.3, -0.25) is 14.4 Å². The van der Waals surface area contributed by atoms with Gasteiger partial charge in [-0.1, -0.05) is 48.5 Å². The van der Waals surface area contributed by atoms with Gasteiger partial charge in [0.2, 0.25) is 0 Å². The highest BCUT2D eigenvalue weighted by atomic mass is 16.5. The first kappa shape index (κ1) is 18.9. The van der Waals surface area contributed by atoms with Crippen molar-refractivity contribution >= 4 is 17.6 Å². The quantitative estimate of drug-likeness (QED) is 0.534. The number of ether oxygens (including phenoxy) is 1. The number of benzene rings is 2. The first-order chi connectivity index (χ1) is 12.6. The second kappa shape index (κ2) is 9.78. The van der Waals surface area contributed by atoms with Crippen LogP contribution in [-0.4, -0.2) is 37.3 Å². The Balaban J connectivity index is 1.95. The minimum atomic E-state index is -0.448. The zero-order valence-corrected chi connectivity index (χ0v) is 14.2. The van der Waals surface area contributed by atoms with Gasteiger partial charge < -0.3 is 15.4 Å². The molecule has 0 aromatic heterocycles. The smallest absolute Gasteiger partial charge is 0.258 e. The Hall–Kier alpha value is -3.41. The van der Waals surface area contributed by atoms with Gasteiger partial charge in [-0.25, -0.2) is 0 Å². The number of ketones is 1. The Labute approximate surface area is 151 Å². The SMILES string of the molecule is C=CCNC(=O)COc1ccccc1C(=O)NCC(=O)c1ccccc1. The van der Waals surface area contributed by atoms with Crippen molar-refractivity contribution in [3.05, 3.63) is 78.4 Å². The average molecular weight is 352 g/mol. The van der Waals surface area contributed by atoms with Crippen LogP contribution >= 0.6 is 0 Å². The van der Waals surface area contributed by atoms with E-state index in [-0.39, 0.29) is 36.2 Å². The molecule has 0 aliphatic heterocycles. The molecule has 26 heavy (non-hydrogen) atoms. The van der Waals surface area contributed by atoms with Crippen molar-refractivity contribution < 1.29 is 19.1 Å². The molecule has 0 bridgehead atoms. The highest BCUT2D eigenvalue weighted by molar-refractivity contribution is 6.03. The average Bonchev–Trinajstić information content (AvgIpc) is 2.69. The number of nitrogens with one attached hydrogen (secondary N) is 2. The van der Waals surface area contributed by atoms with Gasteiger partial charge >= 0.3 is 0 Å². The number of para-hydroxylation sites is 1. The molecule has 0 saturated heterocycles. The van der Waals surface area contributed by atoms with Gasteiger partial charge in [0.15, 0.2) is 12.4 Å². The van der Waals surface area contributed by atoms with Gasteiger partial charge in [0, 0.05) is 12.1 Å². The van der Waals surface area contributed by atoms with E-state index in [2.05, 4.69) is 17.2 Å². The van der Waals surface area contributed by atoms with Crippen molar-refractivity contribution in [3.8, 4) is 5.75 Å². The van der Waals surface area contributed by atoms with Gasteiger partial charge in [0.25, 0.3) is 11.8 Å². The fraction of sp³-hybridized carbons (Fsp3) is 0.150. The fourth-order valence-electron chi connectivity index (χ4n) is 2.14. The maximum absolute atomic E-state index is 12.4. The molecule has 2 aromatic rings. The van der Waals surface area contributed by atoms with E-state index < -0.39 is 5.91 Å². The fourth-order valence-corrected chi connectivity index (χ4v) is 2.14. The van der Waals surface area contributed by atoms with Gasteiger partial charge in [-0.15, -0.1) is 6.58 Å². The van der Waals surface area contributed by atoms with Crippen LogP contribution in [0.1, 0.15) is 20.7 Å². The molecule has 0 unspecified atom stereocenters. The summed E-state index contributed by atoms with van der Waals surface area (Å²) in [5, 5.41) is 5.16. The van der Waals surface area contributed by atoms with Crippen molar-refractivity contribution in [2.45, 2.75) is 0 Å². The Morgan fingerprint density at radius 3 is 2.38 bits per heavy atom. The molecule has 6 nitrogen and oxygen atoms in total. The summed E-state index contributed by atoms with van der Waals surface area (Å²) in [6.07, 6.45) is 1.56. The predicted octanol–water partition coefficient (Wildman–Crippen LogP) is 1.98. The van der Waals surface area contributed by atoms with Crippen LogP contribution in [0.5, 0.6) is 5.75 Å². The number of hydrogen-bond acceptors (Lipinski definition) is 4. The third-order valence-electron chi connectivity index (χ3n) is 3.44. The second-order valence-corrected chi connectivity index (χ2v) is 5.35. The molecule has 0 aliphatic carbocycles. The number of carbonyl (C=O) groups excluding carboxylic acids is 3. The number of Topliss-reactive ketones (excluding diaryl/α,β-unsaturated/α-hetero) is 1. The van der Waals surface area contributed by atoms with E-state index in [1.807, 2.05) is 6.07 Å². The molecule has 2 amide bonds. The molecule has 0 aliphatic rings. The van der Waals surface area contributed by atoms with Crippen molar-refractivity contribution in [3.63, 3.8) is 0 Å². The maximum atomic E-state index is 12.4. The van der Waals surface area contributed by atoms with E-state index in [4.69, 9.17) is 4.74 Å². The normalized spacial score (nSPS) is 9.85. The minimum absolute atomic E-state index is 0.128. The first-order valence-corrected chi connectivity index (χ1v) is 8.07. The highest BCUT2D eigenvalue weighted by Gasteiger charge is 2.14. The van der Waals surface area contributed by atoms with E-state index in [0.29, 0.717) is 12.1 Å². The maximum Gasteiger partial charge on any atom is 0.258 e. The molecular weight excluding hydrogens is 332 g/mol. The van der Waals surface area contributed by atoms with Crippen molar-refractivity contribution in [1.82, 2.24) is 10.6 Å². The van der Waals surface area contributed by atoms with Crippen LogP contribution in [0.2, 0.25) is 0 Å². The lowest BCUT2D eigenvalue weighted by Gasteiger charge is -2.11. The van der Waals surface area contributed by atoms with Crippen LogP contribution in [0.25, 0.3) is 0 Å². The van der Waals surface area contributed by atoms with E-state index >= 15 is 0 Å². The topological polar surface area (TPSA) is 84.5 Å².